The molecule has 0 bridgehead atoms. The normalized spacial score (nSPS) is 28.5. The van der Waals surface area contributed by atoms with Crippen LogP contribution in [0.25, 0.3) is 0 Å². The van der Waals surface area contributed by atoms with E-state index in [4.69, 9.17) is 14.2 Å². The number of rotatable bonds is 6. The molecule has 1 saturated heterocycles. The molecule has 2 aliphatic heterocycles. The van der Waals surface area contributed by atoms with Crippen LogP contribution in [0.5, 0.6) is 5.75 Å². The number of methoxy groups -OCH3 is 1. The Morgan fingerprint density at radius 1 is 1.32 bits per heavy atom. The molecule has 154 valence electrons. The first-order valence-electron chi connectivity index (χ1n) is 10.5. The third-order valence-corrected chi connectivity index (χ3v) is 6.18. The van der Waals surface area contributed by atoms with E-state index >= 15 is 0 Å². The van der Waals surface area contributed by atoms with Crippen LogP contribution in [0, 0.1) is 5.92 Å². The van der Waals surface area contributed by atoms with Gasteiger partial charge >= 0.3 is 5.97 Å². The molecule has 0 amide bonds. The summed E-state index contributed by atoms with van der Waals surface area (Å²) in [4.78, 5) is 11.5. The molecule has 0 aromatic heterocycles. The van der Waals surface area contributed by atoms with Crippen molar-refractivity contribution in [2.45, 2.75) is 84.0 Å². The molecule has 0 spiro atoms. The summed E-state index contributed by atoms with van der Waals surface area (Å²) < 4.78 is 17.8. The molecule has 1 fully saturated rings. The maximum absolute atomic E-state index is 11.5. The lowest BCUT2D eigenvalue weighted by Crippen LogP contribution is -2.50. The number of aryl methyl sites for hydroxylation is 1. The molecule has 0 radical (unpaired) electrons. The van der Waals surface area contributed by atoms with Crippen LogP contribution in [0.1, 0.15) is 77.0 Å². The number of esters is 1. The van der Waals surface area contributed by atoms with Gasteiger partial charge in [0.15, 0.2) is 0 Å². The quantitative estimate of drug-likeness (QED) is 0.475. The van der Waals surface area contributed by atoms with Crippen molar-refractivity contribution in [1.29, 1.82) is 0 Å². The van der Waals surface area contributed by atoms with Crippen LogP contribution in [0.2, 0.25) is 0 Å². The monoisotopic (exact) mass is 386 g/mol. The highest BCUT2D eigenvalue weighted by atomic mass is 16.5. The average Bonchev–Trinajstić information content (AvgIpc) is 2.66. The SMILES string of the molecule is COC(=O)CCc1ccc2c(c1)[C@@H]1O[C@H](C)CC[C@H]1[C@](C)(CCC=C(C)C)O2. The zero-order valence-corrected chi connectivity index (χ0v) is 17.9. The number of fused-ring (bicyclic) bond motifs is 3. The van der Waals surface area contributed by atoms with Crippen molar-refractivity contribution in [3.63, 3.8) is 0 Å². The first kappa shape index (κ1) is 20.9. The highest BCUT2D eigenvalue weighted by molar-refractivity contribution is 5.69. The Morgan fingerprint density at radius 2 is 2.11 bits per heavy atom. The third-order valence-electron chi connectivity index (χ3n) is 6.18. The van der Waals surface area contributed by atoms with E-state index in [9.17, 15) is 4.79 Å². The summed E-state index contributed by atoms with van der Waals surface area (Å²) in [5.74, 6) is 1.09. The Bertz CT molecular complexity index is 734. The summed E-state index contributed by atoms with van der Waals surface area (Å²) in [6.07, 6.45) is 7.86. The van der Waals surface area contributed by atoms with Crippen molar-refractivity contribution in [2.24, 2.45) is 5.92 Å². The van der Waals surface area contributed by atoms with Gasteiger partial charge in [-0.25, -0.2) is 0 Å². The average molecular weight is 387 g/mol. The highest BCUT2D eigenvalue weighted by Gasteiger charge is 2.49. The fraction of sp³-hybridized carbons (Fsp3) is 0.625. The van der Waals surface area contributed by atoms with Gasteiger partial charge in [-0.2, -0.15) is 0 Å². The fourth-order valence-corrected chi connectivity index (χ4v) is 4.52. The summed E-state index contributed by atoms with van der Waals surface area (Å²) in [5, 5.41) is 0. The summed E-state index contributed by atoms with van der Waals surface area (Å²) in [6.45, 7) is 8.69. The molecule has 1 aromatic carbocycles. The van der Waals surface area contributed by atoms with E-state index in [1.807, 2.05) is 0 Å². The van der Waals surface area contributed by atoms with Crippen molar-refractivity contribution in [1.82, 2.24) is 0 Å². The number of hydrogen-bond acceptors (Lipinski definition) is 4. The Kier molecular flexibility index (Phi) is 6.49. The van der Waals surface area contributed by atoms with E-state index in [1.54, 1.807) is 0 Å². The van der Waals surface area contributed by atoms with Gasteiger partial charge in [0, 0.05) is 17.9 Å². The second kappa shape index (κ2) is 8.69. The minimum atomic E-state index is -0.225. The molecule has 28 heavy (non-hydrogen) atoms. The first-order valence-corrected chi connectivity index (χ1v) is 10.5. The minimum Gasteiger partial charge on any atom is -0.487 e. The van der Waals surface area contributed by atoms with Crippen LogP contribution in [0.3, 0.4) is 0 Å². The first-order chi connectivity index (χ1) is 13.3. The van der Waals surface area contributed by atoms with E-state index in [0.717, 1.165) is 42.6 Å². The lowest BCUT2D eigenvalue weighted by Gasteiger charge is -2.50. The van der Waals surface area contributed by atoms with E-state index in [0.29, 0.717) is 18.8 Å². The topological polar surface area (TPSA) is 44.8 Å². The molecular weight excluding hydrogens is 352 g/mol. The molecule has 0 saturated carbocycles. The molecule has 0 aliphatic carbocycles. The Morgan fingerprint density at radius 3 is 2.82 bits per heavy atom. The predicted molar refractivity (Wildman–Crippen MR) is 110 cm³/mol. The van der Waals surface area contributed by atoms with Gasteiger partial charge in [-0.15, -0.1) is 0 Å². The van der Waals surface area contributed by atoms with Crippen LogP contribution in [0.15, 0.2) is 29.8 Å². The zero-order valence-electron chi connectivity index (χ0n) is 17.9. The van der Waals surface area contributed by atoms with Crippen molar-refractivity contribution in [3.05, 3.63) is 41.0 Å². The van der Waals surface area contributed by atoms with Gasteiger partial charge in [-0.3, -0.25) is 4.79 Å². The third kappa shape index (κ3) is 4.60. The molecular formula is C24H34O4. The van der Waals surface area contributed by atoms with Gasteiger partial charge in [0.2, 0.25) is 0 Å². The number of ether oxygens (including phenoxy) is 3. The van der Waals surface area contributed by atoms with E-state index in [-0.39, 0.29) is 23.8 Å². The highest BCUT2D eigenvalue weighted by Crippen LogP contribution is 2.52. The summed E-state index contributed by atoms with van der Waals surface area (Å²) in [6, 6.07) is 6.29. The number of benzene rings is 1. The summed E-state index contributed by atoms with van der Waals surface area (Å²) in [7, 11) is 1.43. The number of carbonyl (C=O) groups is 1. The molecule has 1 aromatic rings. The predicted octanol–water partition coefficient (Wildman–Crippen LogP) is 5.55. The van der Waals surface area contributed by atoms with Crippen molar-refractivity contribution in [3.8, 4) is 5.75 Å². The van der Waals surface area contributed by atoms with Gasteiger partial charge in [-0.05, 0) is 77.5 Å². The molecule has 0 N–H and O–H groups in total. The van der Waals surface area contributed by atoms with Crippen molar-refractivity contribution < 1.29 is 19.0 Å². The second-order valence-corrected chi connectivity index (χ2v) is 8.73. The minimum absolute atomic E-state index is 0.0577. The van der Waals surface area contributed by atoms with Crippen LogP contribution >= 0.6 is 0 Å². The molecule has 2 heterocycles. The second-order valence-electron chi connectivity index (χ2n) is 8.73. The zero-order chi connectivity index (χ0) is 20.3. The molecule has 4 heteroatoms. The maximum Gasteiger partial charge on any atom is 0.305 e. The molecule has 2 aliphatic rings. The Balaban J connectivity index is 1.86. The van der Waals surface area contributed by atoms with Crippen molar-refractivity contribution in [2.75, 3.05) is 7.11 Å². The Hall–Kier alpha value is -1.81. The van der Waals surface area contributed by atoms with E-state index < -0.39 is 0 Å². The van der Waals surface area contributed by atoms with E-state index in [2.05, 4.69) is 52.0 Å². The lowest BCUT2D eigenvalue weighted by molar-refractivity contribution is -0.152. The van der Waals surface area contributed by atoms with Gasteiger partial charge < -0.3 is 14.2 Å². The van der Waals surface area contributed by atoms with Crippen LogP contribution in [-0.4, -0.2) is 24.8 Å². The molecule has 4 atom stereocenters. The van der Waals surface area contributed by atoms with Crippen LogP contribution in [-0.2, 0) is 20.7 Å². The van der Waals surface area contributed by atoms with Crippen LogP contribution in [0.4, 0.5) is 0 Å². The molecule has 0 unspecified atom stereocenters. The lowest BCUT2D eigenvalue weighted by atomic mass is 9.72. The van der Waals surface area contributed by atoms with E-state index in [1.165, 1.54) is 12.7 Å². The molecule has 3 rings (SSSR count). The van der Waals surface area contributed by atoms with Crippen LogP contribution < -0.4 is 4.74 Å². The van der Waals surface area contributed by atoms with Gasteiger partial charge in [0.05, 0.1) is 19.3 Å². The number of carbonyl (C=O) groups excluding carboxylic acids is 1. The number of hydrogen-bond donors (Lipinski definition) is 0. The fourth-order valence-electron chi connectivity index (χ4n) is 4.52. The largest absolute Gasteiger partial charge is 0.487 e. The maximum atomic E-state index is 11.5. The molecule has 4 nitrogen and oxygen atoms in total. The van der Waals surface area contributed by atoms with Gasteiger partial charge in [-0.1, -0.05) is 17.7 Å². The smallest absolute Gasteiger partial charge is 0.305 e. The number of allylic oxidation sites excluding steroid dienone is 2. The van der Waals surface area contributed by atoms with Crippen molar-refractivity contribution >= 4 is 5.97 Å². The summed E-state index contributed by atoms with van der Waals surface area (Å²) >= 11 is 0. The standard InChI is InChI=1S/C24H34O4/c1-16(2)7-6-14-24(4)20-11-8-17(3)27-23(20)19-15-18(9-12-21(19)28-24)10-13-22(25)26-5/h7,9,12,15,17,20,23H,6,8,10-11,13-14H2,1-5H3/t17-,20-,23+,24+/m1/s1. The van der Waals surface area contributed by atoms with Gasteiger partial charge in [0.25, 0.3) is 0 Å². The summed E-state index contributed by atoms with van der Waals surface area (Å²) in [5.41, 5.74) is 3.39. The van der Waals surface area contributed by atoms with Gasteiger partial charge in [0.1, 0.15) is 11.4 Å². The Labute approximate surface area is 169 Å².